The molecule has 0 aliphatic heterocycles. The number of carboxylic acids is 1. The molecule has 1 rings (SSSR count). The van der Waals surface area contributed by atoms with E-state index in [9.17, 15) is 9.59 Å². The van der Waals surface area contributed by atoms with Crippen LogP contribution in [0.1, 0.15) is 16.8 Å². The first-order chi connectivity index (χ1) is 8.54. The number of pyridine rings is 1. The van der Waals surface area contributed by atoms with Crippen molar-refractivity contribution in [2.24, 2.45) is 0 Å². The zero-order valence-electron chi connectivity index (χ0n) is 9.72. The van der Waals surface area contributed by atoms with Gasteiger partial charge in [-0.3, -0.25) is 14.6 Å². The van der Waals surface area contributed by atoms with E-state index in [0.29, 0.717) is 0 Å². The molecule has 1 unspecified atom stereocenters. The number of hydrogen-bond acceptors (Lipinski definition) is 4. The Morgan fingerprint density at radius 2 is 2.33 bits per heavy atom. The molecule has 1 amide bonds. The minimum Gasteiger partial charge on any atom is -0.481 e. The van der Waals surface area contributed by atoms with Crippen LogP contribution in [0.4, 0.5) is 0 Å². The number of nitrogens with one attached hydrogen (secondary N) is 1. The van der Waals surface area contributed by atoms with Crippen LogP contribution in [0.25, 0.3) is 0 Å². The van der Waals surface area contributed by atoms with Crippen molar-refractivity contribution in [2.45, 2.75) is 12.5 Å². The molecule has 18 heavy (non-hydrogen) atoms. The number of carbonyl (C=O) groups is 2. The Morgan fingerprint density at radius 1 is 1.61 bits per heavy atom. The van der Waals surface area contributed by atoms with Crippen molar-refractivity contribution in [3.8, 4) is 0 Å². The maximum atomic E-state index is 11.7. The minimum atomic E-state index is -0.990. The topological polar surface area (TPSA) is 88.5 Å². The smallest absolute Gasteiger partial charge is 0.306 e. The Morgan fingerprint density at radius 3 is 2.89 bits per heavy atom. The summed E-state index contributed by atoms with van der Waals surface area (Å²) in [4.78, 5) is 26.0. The number of ether oxygens (including phenoxy) is 1. The second-order valence-electron chi connectivity index (χ2n) is 3.52. The lowest BCUT2D eigenvalue weighted by molar-refractivity contribution is -0.139. The van der Waals surface area contributed by atoms with E-state index < -0.39 is 18.0 Å². The van der Waals surface area contributed by atoms with E-state index in [2.05, 4.69) is 10.3 Å². The van der Waals surface area contributed by atoms with Crippen LogP contribution in [0.3, 0.4) is 0 Å². The summed E-state index contributed by atoms with van der Waals surface area (Å²) >= 11 is 5.83. The van der Waals surface area contributed by atoms with Gasteiger partial charge in [0.15, 0.2) is 0 Å². The average Bonchev–Trinajstić information content (AvgIpc) is 2.34. The second kappa shape index (κ2) is 6.93. The van der Waals surface area contributed by atoms with Crippen LogP contribution in [0.2, 0.25) is 5.02 Å². The third-order valence-corrected chi connectivity index (χ3v) is 2.57. The first-order valence-electron chi connectivity index (χ1n) is 5.17. The third-order valence-electron chi connectivity index (χ3n) is 2.24. The Bertz CT molecular complexity index is 439. The highest BCUT2D eigenvalue weighted by molar-refractivity contribution is 6.33. The lowest BCUT2D eigenvalue weighted by Gasteiger charge is -2.14. The SMILES string of the molecule is COC(CNC(=O)c1cnccc1Cl)CC(=O)O. The van der Waals surface area contributed by atoms with Crippen LogP contribution in [0, 0.1) is 0 Å². The molecule has 0 saturated carbocycles. The molecule has 0 fully saturated rings. The summed E-state index contributed by atoms with van der Waals surface area (Å²) < 4.78 is 4.93. The van der Waals surface area contributed by atoms with Gasteiger partial charge in [-0.25, -0.2) is 0 Å². The van der Waals surface area contributed by atoms with Crippen molar-refractivity contribution in [1.29, 1.82) is 0 Å². The van der Waals surface area contributed by atoms with E-state index in [1.54, 1.807) is 0 Å². The van der Waals surface area contributed by atoms with E-state index in [1.807, 2.05) is 0 Å². The van der Waals surface area contributed by atoms with Gasteiger partial charge in [-0.2, -0.15) is 0 Å². The number of hydrogen-bond donors (Lipinski definition) is 2. The molecule has 0 radical (unpaired) electrons. The summed E-state index contributed by atoms with van der Waals surface area (Å²) in [5.41, 5.74) is 0.240. The fourth-order valence-electron chi connectivity index (χ4n) is 1.28. The number of aliphatic carboxylic acids is 1. The first-order valence-corrected chi connectivity index (χ1v) is 5.54. The first kappa shape index (κ1) is 14.4. The molecule has 6 nitrogen and oxygen atoms in total. The molecule has 1 aromatic heterocycles. The third kappa shape index (κ3) is 4.31. The van der Waals surface area contributed by atoms with Gasteiger partial charge in [0.2, 0.25) is 0 Å². The van der Waals surface area contributed by atoms with Gasteiger partial charge < -0.3 is 15.2 Å². The summed E-state index contributed by atoms with van der Waals surface area (Å²) in [5.74, 6) is -1.41. The number of nitrogens with zero attached hydrogens (tertiary/aromatic N) is 1. The maximum Gasteiger partial charge on any atom is 0.306 e. The van der Waals surface area contributed by atoms with E-state index in [-0.39, 0.29) is 23.6 Å². The molecule has 0 aromatic carbocycles. The van der Waals surface area contributed by atoms with Crippen LogP contribution in [0.5, 0.6) is 0 Å². The van der Waals surface area contributed by atoms with E-state index in [4.69, 9.17) is 21.4 Å². The Balaban J connectivity index is 2.55. The number of rotatable bonds is 6. The summed E-state index contributed by atoms with van der Waals surface area (Å²) in [7, 11) is 1.39. The fraction of sp³-hybridized carbons (Fsp3) is 0.364. The number of aromatic nitrogens is 1. The average molecular weight is 273 g/mol. The summed E-state index contributed by atoms with van der Waals surface area (Å²) in [6.07, 6.45) is 2.05. The molecule has 1 atom stereocenters. The second-order valence-corrected chi connectivity index (χ2v) is 3.93. The number of amides is 1. The molecule has 0 aliphatic carbocycles. The Kier molecular flexibility index (Phi) is 5.54. The van der Waals surface area contributed by atoms with Crippen molar-refractivity contribution in [2.75, 3.05) is 13.7 Å². The highest BCUT2D eigenvalue weighted by atomic mass is 35.5. The van der Waals surface area contributed by atoms with Gasteiger partial charge >= 0.3 is 5.97 Å². The van der Waals surface area contributed by atoms with Crippen molar-refractivity contribution in [3.05, 3.63) is 29.0 Å². The molecular weight excluding hydrogens is 260 g/mol. The monoisotopic (exact) mass is 272 g/mol. The Labute approximate surface area is 109 Å². The maximum absolute atomic E-state index is 11.7. The molecule has 1 aromatic rings. The van der Waals surface area contributed by atoms with Crippen molar-refractivity contribution < 1.29 is 19.4 Å². The minimum absolute atomic E-state index is 0.0901. The van der Waals surface area contributed by atoms with Crippen LogP contribution in [-0.4, -0.2) is 41.7 Å². The van der Waals surface area contributed by atoms with Crippen molar-refractivity contribution >= 4 is 23.5 Å². The fourth-order valence-corrected chi connectivity index (χ4v) is 1.47. The quantitative estimate of drug-likeness (QED) is 0.805. The number of carbonyl (C=O) groups excluding carboxylic acids is 1. The zero-order chi connectivity index (χ0) is 13.5. The van der Waals surface area contributed by atoms with Gasteiger partial charge in [0, 0.05) is 26.0 Å². The van der Waals surface area contributed by atoms with E-state index >= 15 is 0 Å². The van der Waals surface area contributed by atoms with Crippen LogP contribution >= 0.6 is 11.6 Å². The van der Waals surface area contributed by atoms with Crippen LogP contribution < -0.4 is 5.32 Å². The largest absolute Gasteiger partial charge is 0.481 e. The molecule has 0 spiro atoms. The van der Waals surface area contributed by atoms with Gasteiger partial charge in [0.1, 0.15) is 0 Å². The van der Waals surface area contributed by atoms with Gasteiger partial charge in [-0.15, -0.1) is 0 Å². The summed E-state index contributed by atoms with van der Waals surface area (Å²) in [6.45, 7) is 0.0901. The van der Waals surface area contributed by atoms with Crippen molar-refractivity contribution in [1.82, 2.24) is 10.3 Å². The molecule has 0 saturated heterocycles. The highest BCUT2D eigenvalue weighted by Crippen LogP contribution is 2.13. The lowest BCUT2D eigenvalue weighted by atomic mass is 10.2. The van der Waals surface area contributed by atoms with E-state index in [1.165, 1.54) is 25.6 Å². The number of carboxylic acid groups (broad SMARTS) is 1. The van der Waals surface area contributed by atoms with Gasteiger partial charge in [-0.1, -0.05) is 11.6 Å². The highest BCUT2D eigenvalue weighted by Gasteiger charge is 2.15. The van der Waals surface area contributed by atoms with Gasteiger partial charge in [0.05, 0.1) is 23.1 Å². The zero-order valence-corrected chi connectivity index (χ0v) is 10.5. The molecular formula is C11H13ClN2O4. The predicted molar refractivity (Wildman–Crippen MR) is 64.6 cm³/mol. The molecule has 2 N–H and O–H groups in total. The molecule has 7 heteroatoms. The number of halogens is 1. The molecule has 98 valence electrons. The van der Waals surface area contributed by atoms with Crippen molar-refractivity contribution in [3.63, 3.8) is 0 Å². The van der Waals surface area contributed by atoms with E-state index in [0.717, 1.165) is 0 Å². The van der Waals surface area contributed by atoms with Crippen LogP contribution in [-0.2, 0) is 9.53 Å². The summed E-state index contributed by atoms with van der Waals surface area (Å²) in [5, 5.41) is 11.4. The molecule has 1 heterocycles. The standard InChI is InChI=1S/C11H13ClN2O4/c1-18-7(4-10(15)16)5-14-11(17)8-6-13-3-2-9(8)12/h2-3,6-7H,4-5H2,1H3,(H,14,17)(H,15,16). The van der Waals surface area contributed by atoms with Gasteiger partial charge in [0.25, 0.3) is 5.91 Å². The molecule has 0 aliphatic rings. The van der Waals surface area contributed by atoms with Crippen LogP contribution in [0.15, 0.2) is 18.5 Å². The number of methoxy groups -OCH3 is 1. The Hall–Kier alpha value is -1.66. The predicted octanol–water partition coefficient (Wildman–Crippen LogP) is 0.954. The lowest BCUT2D eigenvalue weighted by Crippen LogP contribution is -2.34. The molecule has 0 bridgehead atoms. The summed E-state index contributed by atoms with van der Waals surface area (Å²) in [6, 6.07) is 1.50. The van der Waals surface area contributed by atoms with Gasteiger partial charge in [-0.05, 0) is 6.07 Å². The normalized spacial score (nSPS) is 11.9.